The molecule has 112 valence electrons. The number of anilines is 1. The van der Waals surface area contributed by atoms with Crippen LogP contribution in [0.1, 0.15) is 18.1 Å². The quantitative estimate of drug-likeness (QED) is 0.833. The van der Waals surface area contributed by atoms with Crippen molar-refractivity contribution in [2.45, 2.75) is 24.8 Å². The lowest BCUT2D eigenvalue weighted by Crippen LogP contribution is -2.24. The first-order valence-corrected chi connectivity index (χ1v) is 8.03. The lowest BCUT2D eigenvalue weighted by molar-refractivity contribution is 0.580. The predicted molar refractivity (Wildman–Crippen MR) is 80.7 cm³/mol. The molecular formula is C15H17FN2O2S. The maximum atomic E-state index is 12.8. The molecule has 0 saturated heterocycles. The summed E-state index contributed by atoms with van der Waals surface area (Å²) in [7, 11) is -3.66. The minimum absolute atomic E-state index is 0.0978. The van der Waals surface area contributed by atoms with Crippen LogP contribution in [0.15, 0.2) is 47.4 Å². The normalized spacial score (nSPS) is 11.5. The molecule has 6 heteroatoms. The first kappa shape index (κ1) is 15.5. The van der Waals surface area contributed by atoms with Gasteiger partial charge in [-0.1, -0.05) is 25.1 Å². The molecule has 0 atom stereocenters. The first-order chi connectivity index (χ1) is 9.92. The van der Waals surface area contributed by atoms with Crippen LogP contribution in [0.3, 0.4) is 0 Å². The van der Waals surface area contributed by atoms with Gasteiger partial charge in [0.1, 0.15) is 5.82 Å². The molecule has 0 heterocycles. The summed E-state index contributed by atoms with van der Waals surface area (Å²) in [5.41, 5.74) is 7.45. The first-order valence-electron chi connectivity index (χ1n) is 6.55. The van der Waals surface area contributed by atoms with Gasteiger partial charge in [-0.25, -0.2) is 17.5 Å². The Balaban J connectivity index is 2.22. The lowest BCUT2D eigenvalue weighted by atomic mass is 10.1. The fraction of sp³-hybridized carbons (Fsp3) is 0.200. The lowest BCUT2D eigenvalue weighted by Gasteiger charge is -2.11. The zero-order chi connectivity index (χ0) is 15.5. The van der Waals surface area contributed by atoms with Gasteiger partial charge in [-0.3, -0.25) is 0 Å². The standard InChI is InChI=1S/C15H17FN2O2S/c1-2-12-5-8-14(17)9-15(12)21(19,20)18-10-11-3-6-13(16)7-4-11/h3-9,18H,2,10,17H2,1H3. The number of hydrogen-bond donors (Lipinski definition) is 2. The van der Waals surface area contributed by atoms with Crippen molar-refractivity contribution in [3.8, 4) is 0 Å². The zero-order valence-corrected chi connectivity index (χ0v) is 12.5. The van der Waals surface area contributed by atoms with Crippen LogP contribution >= 0.6 is 0 Å². The van der Waals surface area contributed by atoms with Crippen LogP contribution in [0.2, 0.25) is 0 Å². The molecule has 0 amide bonds. The van der Waals surface area contributed by atoms with Crippen molar-refractivity contribution in [2.24, 2.45) is 0 Å². The van der Waals surface area contributed by atoms with Gasteiger partial charge in [-0.2, -0.15) is 0 Å². The highest BCUT2D eigenvalue weighted by atomic mass is 32.2. The maximum Gasteiger partial charge on any atom is 0.241 e. The third-order valence-corrected chi connectivity index (χ3v) is 4.62. The third kappa shape index (κ3) is 3.80. The van der Waals surface area contributed by atoms with E-state index in [1.807, 2.05) is 6.92 Å². The van der Waals surface area contributed by atoms with E-state index >= 15 is 0 Å². The Labute approximate surface area is 123 Å². The Morgan fingerprint density at radius 1 is 1.14 bits per heavy atom. The molecule has 0 radical (unpaired) electrons. The minimum Gasteiger partial charge on any atom is -0.399 e. The molecule has 3 N–H and O–H groups in total. The number of halogens is 1. The SMILES string of the molecule is CCc1ccc(N)cc1S(=O)(=O)NCc1ccc(F)cc1. The summed E-state index contributed by atoms with van der Waals surface area (Å²) >= 11 is 0. The van der Waals surface area contributed by atoms with Gasteiger partial charge < -0.3 is 5.73 Å². The van der Waals surface area contributed by atoms with Crippen LogP contribution in [0, 0.1) is 5.82 Å². The molecule has 0 saturated carbocycles. The van der Waals surface area contributed by atoms with Crippen molar-refractivity contribution in [2.75, 3.05) is 5.73 Å². The van der Waals surface area contributed by atoms with Gasteiger partial charge in [-0.05, 0) is 41.8 Å². The molecule has 0 aromatic heterocycles. The second-order valence-corrected chi connectivity index (χ2v) is 6.41. The molecule has 2 rings (SSSR count). The Kier molecular flexibility index (Phi) is 4.59. The van der Waals surface area contributed by atoms with E-state index in [4.69, 9.17) is 5.73 Å². The van der Waals surface area contributed by atoms with Gasteiger partial charge in [0.05, 0.1) is 4.90 Å². The molecule has 0 bridgehead atoms. The summed E-state index contributed by atoms with van der Waals surface area (Å²) in [5.74, 6) is -0.356. The maximum absolute atomic E-state index is 12.8. The van der Waals surface area contributed by atoms with Gasteiger partial charge in [-0.15, -0.1) is 0 Å². The van der Waals surface area contributed by atoms with Gasteiger partial charge in [0.15, 0.2) is 0 Å². The molecule has 0 aliphatic carbocycles. The van der Waals surface area contributed by atoms with Gasteiger partial charge >= 0.3 is 0 Å². The summed E-state index contributed by atoms with van der Waals surface area (Å²) in [4.78, 5) is 0.187. The number of rotatable bonds is 5. The van der Waals surface area contributed by atoms with E-state index in [0.717, 1.165) is 0 Å². The van der Waals surface area contributed by atoms with E-state index < -0.39 is 10.0 Å². The summed E-state index contributed by atoms with van der Waals surface area (Å²) in [6.45, 7) is 1.98. The summed E-state index contributed by atoms with van der Waals surface area (Å²) < 4.78 is 40.1. The van der Waals surface area contributed by atoms with E-state index in [1.54, 1.807) is 12.1 Å². The van der Waals surface area contributed by atoms with E-state index in [1.165, 1.54) is 30.3 Å². The number of sulfonamides is 1. The third-order valence-electron chi connectivity index (χ3n) is 3.14. The van der Waals surface area contributed by atoms with Gasteiger partial charge in [0.25, 0.3) is 0 Å². The van der Waals surface area contributed by atoms with Crippen molar-refractivity contribution in [3.05, 3.63) is 59.4 Å². The number of nitrogens with two attached hydrogens (primary N) is 1. The zero-order valence-electron chi connectivity index (χ0n) is 11.6. The van der Waals surface area contributed by atoms with Gasteiger partial charge in [0.2, 0.25) is 10.0 Å². The Morgan fingerprint density at radius 2 is 1.81 bits per heavy atom. The largest absolute Gasteiger partial charge is 0.399 e. The number of hydrogen-bond acceptors (Lipinski definition) is 3. The Morgan fingerprint density at radius 3 is 2.43 bits per heavy atom. The Hall–Kier alpha value is -1.92. The molecule has 0 aliphatic rings. The summed E-state index contributed by atoms with van der Waals surface area (Å²) in [6.07, 6.45) is 0.590. The molecular weight excluding hydrogens is 291 g/mol. The molecule has 0 aliphatic heterocycles. The average Bonchev–Trinajstić information content (AvgIpc) is 2.47. The van der Waals surface area contributed by atoms with Gasteiger partial charge in [0, 0.05) is 12.2 Å². The second kappa shape index (κ2) is 6.24. The van der Waals surface area contributed by atoms with E-state index in [2.05, 4.69) is 4.72 Å². The molecule has 4 nitrogen and oxygen atoms in total. The number of benzene rings is 2. The smallest absolute Gasteiger partial charge is 0.241 e. The fourth-order valence-electron chi connectivity index (χ4n) is 1.97. The van der Waals surface area contributed by atoms with Crippen LogP contribution in [-0.2, 0) is 23.0 Å². The van der Waals surface area contributed by atoms with Crippen LogP contribution < -0.4 is 10.5 Å². The van der Waals surface area contributed by atoms with E-state index in [0.29, 0.717) is 23.2 Å². The number of nitrogen functional groups attached to an aromatic ring is 1. The highest BCUT2D eigenvalue weighted by molar-refractivity contribution is 7.89. The molecule has 21 heavy (non-hydrogen) atoms. The van der Waals surface area contributed by atoms with Crippen LogP contribution in [-0.4, -0.2) is 8.42 Å². The van der Waals surface area contributed by atoms with Crippen LogP contribution in [0.4, 0.5) is 10.1 Å². The summed E-state index contributed by atoms with van der Waals surface area (Å²) in [6, 6.07) is 10.5. The molecule has 0 unspecified atom stereocenters. The van der Waals surface area contributed by atoms with E-state index in [9.17, 15) is 12.8 Å². The fourth-order valence-corrected chi connectivity index (χ4v) is 3.33. The highest BCUT2D eigenvalue weighted by Gasteiger charge is 2.17. The summed E-state index contributed by atoms with van der Waals surface area (Å²) in [5, 5.41) is 0. The molecule has 2 aromatic rings. The average molecular weight is 308 g/mol. The topological polar surface area (TPSA) is 72.2 Å². The monoisotopic (exact) mass is 308 g/mol. The molecule has 2 aromatic carbocycles. The minimum atomic E-state index is -3.66. The van der Waals surface area contributed by atoms with Crippen molar-refractivity contribution in [1.82, 2.24) is 4.72 Å². The highest BCUT2D eigenvalue weighted by Crippen LogP contribution is 2.20. The van der Waals surface area contributed by atoms with Crippen LogP contribution in [0.25, 0.3) is 0 Å². The molecule has 0 spiro atoms. The van der Waals surface area contributed by atoms with Crippen LogP contribution in [0.5, 0.6) is 0 Å². The number of aryl methyl sites for hydroxylation is 1. The van der Waals surface area contributed by atoms with Crippen molar-refractivity contribution in [1.29, 1.82) is 0 Å². The van der Waals surface area contributed by atoms with Crippen molar-refractivity contribution >= 4 is 15.7 Å². The van der Waals surface area contributed by atoms with Crippen molar-refractivity contribution < 1.29 is 12.8 Å². The number of nitrogens with one attached hydrogen (secondary N) is 1. The van der Waals surface area contributed by atoms with Crippen molar-refractivity contribution in [3.63, 3.8) is 0 Å². The Bertz CT molecular complexity index is 728. The second-order valence-electron chi connectivity index (χ2n) is 4.67. The predicted octanol–water partition coefficient (Wildman–Crippen LogP) is 2.45. The van der Waals surface area contributed by atoms with E-state index in [-0.39, 0.29) is 17.3 Å². The molecule has 0 fully saturated rings.